The quantitative estimate of drug-likeness (QED) is 0.775. The normalized spacial score (nSPS) is 15.5. The standard InChI is InChI=1S/C16H23N3O4/c1-3-23-14-6-5-13(11-17-14)16(21)19-8-4-7-18(9-10-22-2)15(20)12-19/h5-6,11H,3-4,7-10,12H2,1-2H3. The van der Waals surface area contributed by atoms with E-state index in [4.69, 9.17) is 9.47 Å². The highest BCUT2D eigenvalue weighted by Gasteiger charge is 2.25. The predicted molar refractivity (Wildman–Crippen MR) is 84.4 cm³/mol. The summed E-state index contributed by atoms with van der Waals surface area (Å²) in [7, 11) is 1.61. The molecule has 0 saturated carbocycles. The molecule has 2 amide bonds. The van der Waals surface area contributed by atoms with Gasteiger partial charge in [-0.1, -0.05) is 0 Å². The summed E-state index contributed by atoms with van der Waals surface area (Å²) in [5.41, 5.74) is 0.464. The Morgan fingerprint density at radius 3 is 2.83 bits per heavy atom. The Balaban J connectivity index is 2.00. The Bertz CT molecular complexity index is 533. The van der Waals surface area contributed by atoms with Crippen molar-refractivity contribution in [3.05, 3.63) is 23.9 Å². The number of aromatic nitrogens is 1. The van der Waals surface area contributed by atoms with Gasteiger partial charge in [-0.3, -0.25) is 9.59 Å². The highest BCUT2D eigenvalue weighted by molar-refractivity contribution is 5.96. The summed E-state index contributed by atoms with van der Waals surface area (Å²) in [5.74, 6) is 0.260. The van der Waals surface area contributed by atoms with Crippen molar-refractivity contribution in [3.8, 4) is 5.88 Å². The summed E-state index contributed by atoms with van der Waals surface area (Å²) in [6.07, 6.45) is 2.25. The van der Waals surface area contributed by atoms with Crippen LogP contribution in [0, 0.1) is 0 Å². The molecule has 0 radical (unpaired) electrons. The molecule has 0 atom stereocenters. The van der Waals surface area contributed by atoms with Gasteiger partial charge in [-0.2, -0.15) is 0 Å². The van der Waals surface area contributed by atoms with Crippen LogP contribution in [0.3, 0.4) is 0 Å². The van der Waals surface area contributed by atoms with Crippen molar-refractivity contribution in [3.63, 3.8) is 0 Å². The van der Waals surface area contributed by atoms with E-state index < -0.39 is 0 Å². The maximum atomic E-state index is 12.5. The molecule has 1 fully saturated rings. The van der Waals surface area contributed by atoms with E-state index in [2.05, 4.69) is 4.98 Å². The van der Waals surface area contributed by atoms with Gasteiger partial charge in [0.1, 0.15) is 6.54 Å². The fourth-order valence-corrected chi connectivity index (χ4v) is 2.45. The van der Waals surface area contributed by atoms with Gasteiger partial charge in [0, 0.05) is 39.0 Å². The molecule has 23 heavy (non-hydrogen) atoms. The van der Waals surface area contributed by atoms with Crippen LogP contribution in [0.2, 0.25) is 0 Å². The first-order chi connectivity index (χ1) is 11.2. The molecule has 0 aromatic carbocycles. The van der Waals surface area contributed by atoms with Gasteiger partial charge in [0.15, 0.2) is 0 Å². The lowest BCUT2D eigenvalue weighted by atomic mass is 10.2. The third kappa shape index (κ3) is 4.66. The van der Waals surface area contributed by atoms with Crippen LogP contribution < -0.4 is 4.74 Å². The average molecular weight is 321 g/mol. The van der Waals surface area contributed by atoms with Gasteiger partial charge < -0.3 is 19.3 Å². The van der Waals surface area contributed by atoms with Crippen LogP contribution in [-0.2, 0) is 9.53 Å². The zero-order valence-electron chi connectivity index (χ0n) is 13.7. The van der Waals surface area contributed by atoms with Crippen LogP contribution in [-0.4, -0.2) is 73.1 Å². The van der Waals surface area contributed by atoms with E-state index in [1.54, 1.807) is 29.0 Å². The molecule has 2 heterocycles. The van der Waals surface area contributed by atoms with Crippen molar-refractivity contribution in [1.29, 1.82) is 0 Å². The molecule has 7 heteroatoms. The van der Waals surface area contributed by atoms with Gasteiger partial charge in [-0.15, -0.1) is 0 Å². The van der Waals surface area contributed by atoms with Crippen molar-refractivity contribution >= 4 is 11.8 Å². The molecular weight excluding hydrogens is 298 g/mol. The van der Waals surface area contributed by atoms with Crippen LogP contribution >= 0.6 is 0 Å². The summed E-state index contributed by atoms with van der Waals surface area (Å²) in [5, 5.41) is 0. The molecule has 1 aromatic rings. The topological polar surface area (TPSA) is 72.0 Å². The summed E-state index contributed by atoms with van der Waals surface area (Å²) in [6, 6.07) is 3.35. The molecule has 0 bridgehead atoms. The number of methoxy groups -OCH3 is 1. The molecule has 2 rings (SSSR count). The maximum absolute atomic E-state index is 12.5. The molecule has 1 saturated heterocycles. The SMILES string of the molecule is CCOc1ccc(C(=O)N2CCCN(CCOC)C(=O)C2)cn1. The van der Waals surface area contributed by atoms with Crippen LogP contribution in [0.15, 0.2) is 18.3 Å². The van der Waals surface area contributed by atoms with Crippen LogP contribution in [0.4, 0.5) is 0 Å². The minimum Gasteiger partial charge on any atom is -0.478 e. The zero-order valence-corrected chi connectivity index (χ0v) is 13.7. The van der Waals surface area contributed by atoms with Crippen molar-refractivity contribution in [2.75, 3.05) is 46.5 Å². The molecule has 0 unspecified atom stereocenters. The molecule has 0 spiro atoms. The number of carbonyl (C=O) groups excluding carboxylic acids is 2. The average Bonchev–Trinajstić information content (AvgIpc) is 2.75. The monoisotopic (exact) mass is 321 g/mol. The lowest BCUT2D eigenvalue weighted by molar-refractivity contribution is -0.131. The largest absolute Gasteiger partial charge is 0.478 e. The third-order valence-corrected chi connectivity index (χ3v) is 3.66. The van der Waals surface area contributed by atoms with Gasteiger partial charge in [-0.25, -0.2) is 4.98 Å². The van der Waals surface area contributed by atoms with Crippen LogP contribution in [0.25, 0.3) is 0 Å². The maximum Gasteiger partial charge on any atom is 0.255 e. The van der Waals surface area contributed by atoms with Crippen molar-refractivity contribution < 1.29 is 19.1 Å². The fraction of sp³-hybridized carbons (Fsp3) is 0.562. The highest BCUT2D eigenvalue weighted by Crippen LogP contribution is 2.12. The van der Waals surface area contributed by atoms with E-state index in [1.165, 1.54) is 6.20 Å². The number of rotatable bonds is 6. The molecule has 1 aliphatic rings. The molecule has 1 aromatic heterocycles. The minimum absolute atomic E-state index is 0.0493. The molecule has 126 valence electrons. The van der Waals surface area contributed by atoms with Crippen molar-refractivity contribution in [2.45, 2.75) is 13.3 Å². The highest BCUT2D eigenvalue weighted by atomic mass is 16.5. The number of carbonyl (C=O) groups is 2. The third-order valence-electron chi connectivity index (χ3n) is 3.66. The van der Waals surface area contributed by atoms with E-state index >= 15 is 0 Å². The minimum atomic E-state index is -0.178. The molecular formula is C16H23N3O4. The Labute approximate surface area is 136 Å². The lowest BCUT2D eigenvalue weighted by Crippen LogP contribution is -2.40. The van der Waals surface area contributed by atoms with E-state index in [1.807, 2.05) is 6.92 Å². The Morgan fingerprint density at radius 2 is 2.17 bits per heavy atom. The number of amides is 2. The van der Waals surface area contributed by atoms with Gasteiger partial charge in [-0.05, 0) is 19.4 Å². The van der Waals surface area contributed by atoms with Crippen LogP contribution in [0.5, 0.6) is 5.88 Å². The van der Waals surface area contributed by atoms with Gasteiger partial charge >= 0.3 is 0 Å². The van der Waals surface area contributed by atoms with Crippen LogP contribution in [0.1, 0.15) is 23.7 Å². The molecule has 1 aliphatic heterocycles. The molecule has 0 N–H and O–H groups in total. The van der Waals surface area contributed by atoms with E-state index in [0.29, 0.717) is 44.3 Å². The number of pyridine rings is 1. The molecule has 7 nitrogen and oxygen atoms in total. The number of ether oxygens (including phenoxy) is 2. The molecule has 0 aliphatic carbocycles. The number of nitrogens with zero attached hydrogens (tertiary/aromatic N) is 3. The summed E-state index contributed by atoms with van der Waals surface area (Å²) in [6.45, 7) is 4.76. The summed E-state index contributed by atoms with van der Waals surface area (Å²) in [4.78, 5) is 32.2. The predicted octanol–water partition coefficient (Wildman–Crippen LogP) is 0.801. The van der Waals surface area contributed by atoms with E-state index in [9.17, 15) is 9.59 Å². The van der Waals surface area contributed by atoms with Crippen molar-refractivity contribution in [2.24, 2.45) is 0 Å². The second kappa shape index (κ2) is 8.47. The first-order valence-corrected chi connectivity index (χ1v) is 7.80. The second-order valence-corrected chi connectivity index (χ2v) is 5.27. The van der Waals surface area contributed by atoms with Crippen molar-refractivity contribution in [1.82, 2.24) is 14.8 Å². The second-order valence-electron chi connectivity index (χ2n) is 5.27. The zero-order chi connectivity index (χ0) is 16.7. The van der Waals surface area contributed by atoms with E-state index in [0.717, 1.165) is 6.42 Å². The first-order valence-electron chi connectivity index (χ1n) is 7.80. The summed E-state index contributed by atoms with van der Waals surface area (Å²) >= 11 is 0. The summed E-state index contributed by atoms with van der Waals surface area (Å²) < 4.78 is 10.3. The Morgan fingerprint density at radius 1 is 1.35 bits per heavy atom. The number of hydrogen-bond acceptors (Lipinski definition) is 5. The smallest absolute Gasteiger partial charge is 0.255 e. The van der Waals surface area contributed by atoms with Gasteiger partial charge in [0.2, 0.25) is 11.8 Å². The fourth-order valence-electron chi connectivity index (χ4n) is 2.45. The lowest BCUT2D eigenvalue weighted by Gasteiger charge is -2.21. The van der Waals surface area contributed by atoms with Gasteiger partial charge in [0.25, 0.3) is 5.91 Å². The van der Waals surface area contributed by atoms with Gasteiger partial charge in [0.05, 0.1) is 18.8 Å². The number of hydrogen-bond donors (Lipinski definition) is 0. The first kappa shape index (κ1) is 17.2. The van der Waals surface area contributed by atoms with E-state index in [-0.39, 0.29) is 18.4 Å². The Hall–Kier alpha value is -2.15. The Kier molecular flexibility index (Phi) is 6.34.